The number of para-hydroxylation sites is 1. The van der Waals surface area contributed by atoms with E-state index in [2.05, 4.69) is 127 Å². The molecule has 6 aromatic carbocycles. The zero-order valence-corrected chi connectivity index (χ0v) is 21.8. The smallest absolute Gasteiger partial charge is 0.135 e. The van der Waals surface area contributed by atoms with E-state index in [0.717, 1.165) is 33.3 Å². The molecule has 0 saturated carbocycles. The van der Waals surface area contributed by atoms with Crippen LogP contribution in [0, 0.1) is 0 Å². The summed E-state index contributed by atoms with van der Waals surface area (Å²) < 4.78 is 8.66. The molecule has 8 aromatic rings. The maximum atomic E-state index is 6.00. The molecule has 0 bridgehead atoms. The van der Waals surface area contributed by atoms with Gasteiger partial charge in [0.25, 0.3) is 0 Å². The maximum absolute atomic E-state index is 6.00. The van der Waals surface area contributed by atoms with E-state index in [-0.39, 0.29) is 0 Å². The van der Waals surface area contributed by atoms with Crippen LogP contribution in [0.2, 0.25) is 0 Å². The van der Waals surface area contributed by atoms with Gasteiger partial charge in [-0.05, 0) is 70.8 Å². The van der Waals surface area contributed by atoms with Crippen molar-refractivity contribution in [2.75, 3.05) is 5.32 Å². The fraction of sp³-hybridized carbons (Fsp3) is 0. The van der Waals surface area contributed by atoms with Gasteiger partial charge in [-0.2, -0.15) is 0 Å². The summed E-state index contributed by atoms with van der Waals surface area (Å²) in [5.74, 6) is 0. The lowest BCUT2D eigenvalue weighted by Gasteiger charge is -2.10. The van der Waals surface area contributed by atoms with Crippen LogP contribution in [-0.4, -0.2) is 0 Å². The summed E-state index contributed by atoms with van der Waals surface area (Å²) in [7, 11) is 0. The van der Waals surface area contributed by atoms with Crippen LogP contribution in [-0.2, 0) is 0 Å². The van der Waals surface area contributed by atoms with E-state index in [4.69, 9.17) is 4.42 Å². The molecule has 2 heterocycles. The Balaban J connectivity index is 1.10. The van der Waals surface area contributed by atoms with Crippen molar-refractivity contribution in [3.63, 3.8) is 0 Å². The van der Waals surface area contributed by atoms with Crippen LogP contribution in [0.25, 0.3) is 64.4 Å². The lowest BCUT2D eigenvalue weighted by Crippen LogP contribution is -1.91. The van der Waals surface area contributed by atoms with Crippen LogP contribution in [0.4, 0.5) is 11.4 Å². The Morgan fingerprint density at radius 2 is 1.21 bits per heavy atom. The zero-order chi connectivity index (χ0) is 25.8. The average Bonchev–Trinajstić information content (AvgIpc) is 3.56. The number of fused-ring (bicyclic) bond motifs is 6. The first-order chi connectivity index (χ1) is 19.3. The molecule has 0 atom stereocenters. The summed E-state index contributed by atoms with van der Waals surface area (Å²) in [5, 5.41) is 8.56. The van der Waals surface area contributed by atoms with Gasteiger partial charge >= 0.3 is 0 Å². The number of anilines is 2. The predicted molar refractivity (Wildman–Crippen MR) is 167 cm³/mol. The Bertz CT molecular complexity index is 2150. The minimum absolute atomic E-state index is 0.921. The first-order valence-corrected chi connectivity index (χ1v) is 13.9. The summed E-state index contributed by atoms with van der Waals surface area (Å²) >= 11 is 1.87. The molecule has 0 spiro atoms. The third-order valence-corrected chi connectivity index (χ3v) is 8.68. The van der Waals surface area contributed by atoms with Gasteiger partial charge in [-0.15, -0.1) is 11.3 Å². The molecule has 39 heavy (non-hydrogen) atoms. The number of nitrogens with one attached hydrogen (secondary N) is 1. The standard InChI is InChI=1S/C36H23NOS/c1-3-13-33-29(9-1)32-22-24(17-20-34(32)38-33)23-15-18-26(19-16-23)37-27-8-5-7-25(21-27)28-11-6-12-31-30-10-2-4-14-35(30)39-36(28)31/h1-22,37H. The highest BCUT2D eigenvalue weighted by molar-refractivity contribution is 7.26. The van der Waals surface area contributed by atoms with Crippen molar-refractivity contribution in [2.45, 2.75) is 0 Å². The first-order valence-electron chi connectivity index (χ1n) is 13.1. The molecule has 2 nitrogen and oxygen atoms in total. The molecule has 1 N–H and O–H groups in total. The summed E-state index contributed by atoms with van der Waals surface area (Å²) in [6.07, 6.45) is 0. The van der Waals surface area contributed by atoms with Crippen LogP contribution in [0.15, 0.2) is 138 Å². The number of thiophene rings is 1. The van der Waals surface area contributed by atoms with E-state index in [1.807, 2.05) is 23.5 Å². The summed E-state index contributed by atoms with van der Waals surface area (Å²) in [4.78, 5) is 0. The Labute approximate surface area is 229 Å². The molecule has 0 radical (unpaired) electrons. The number of furan rings is 1. The summed E-state index contributed by atoms with van der Waals surface area (Å²) in [6.45, 7) is 0. The van der Waals surface area contributed by atoms with E-state index >= 15 is 0 Å². The SMILES string of the molecule is c1cc(Nc2ccc(-c3ccc4oc5ccccc5c4c3)cc2)cc(-c2cccc3c2sc2ccccc23)c1. The highest BCUT2D eigenvalue weighted by atomic mass is 32.1. The van der Waals surface area contributed by atoms with Gasteiger partial charge in [-0.25, -0.2) is 0 Å². The number of rotatable bonds is 4. The Morgan fingerprint density at radius 1 is 0.462 bits per heavy atom. The highest BCUT2D eigenvalue weighted by Gasteiger charge is 2.11. The minimum atomic E-state index is 0.921. The lowest BCUT2D eigenvalue weighted by atomic mass is 10.0. The normalized spacial score (nSPS) is 11.6. The van der Waals surface area contributed by atoms with Crippen molar-refractivity contribution in [1.82, 2.24) is 0 Å². The second-order valence-electron chi connectivity index (χ2n) is 9.87. The maximum Gasteiger partial charge on any atom is 0.135 e. The second kappa shape index (κ2) is 8.87. The van der Waals surface area contributed by atoms with Gasteiger partial charge in [0.2, 0.25) is 0 Å². The van der Waals surface area contributed by atoms with Gasteiger partial charge in [-0.1, -0.05) is 84.9 Å². The molecule has 0 unspecified atom stereocenters. The molecule has 0 aliphatic carbocycles. The third kappa shape index (κ3) is 3.79. The topological polar surface area (TPSA) is 25.2 Å². The quantitative estimate of drug-likeness (QED) is 0.251. The monoisotopic (exact) mass is 517 g/mol. The van der Waals surface area contributed by atoms with Crippen LogP contribution < -0.4 is 5.32 Å². The van der Waals surface area contributed by atoms with Gasteiger partial charge in [0, 0.05) is 42.3 Å². The zero-order valence-electron chi connectivity index (χ0n) is 21.0. The third-order valence-electron chi connectivity index (χ3n) is 7.46. The van der Waals surface area contributed by atoms with Gasteiger partial charge in [0.1, 0.15) is 11.2 Å². The highest BCUT2D eigenvalue weighted by Crippen LogP contribution is 2.40. The van der Waals surface area contributed by atoms with Gasteiger partial charge in [0.15, 0.2) is 0 Å². The van der Waals surface area contributed by atoms with Crippen LogP contribution >= 0.6 is 11.3 Å². The molecule has 0 saturated heterocycles. The fourth-order valence-corrected chi connectivity index (χ4v) is 6.80. The average molecular weight is 518 g/mol. The van der Waals surface area contributed by atoms with Crippen molar-refractivity contribution in [3.05, 3.63) is 133 Å². The Hall–Kier alpha value is -4.86. The van der Waals surface area contributed by atoms with Crippen molar-refractivity contribution in [3.8, 4) is 22.3 Å². The van der Waals surface area contributed by atoms with Gasteiger partial charge in [0.05, 0.1) is 0 Å². The van der Waals surface area contributed by atoms with Crippen molar-refractivity contribution in [2.24, 2.45) is 0 Å². The van der Waals surface area contributed by atoms with Crippen molar-refractivity contribution >= 4 is 64.8 Å². The predicted octanol–water partition coefficient (Wildman–Crippen LogP) is 11.0. The minimum Gasteiger partial charge on any atom is -0.456 e. The van der Waals surface area contributed by atoms with E-state index in [1.165, 1.54) is 42.4 Å². The van der Waals surface area contributed by atoms with Crippen molar-refractivity contribution < 1.29 is 4.42 Å². The molecule has 184 valence electrons. The van der Waals surface area contributed by atoms with Crippen molar-refractivity contribution in [1.29, 1.82) is 0 Å². The van der Waals surface area contributed by atoms with Crippen LogP contribution in [0.1, 0.15) is 0 Å². The molecule has 0 amide bonds. The second-order valence-corrected chi connectivity index (χ2v) is 10.9. The summed E-state index contributed by atoms with van der Waals surface area (Å²) in [5.41, 5.74) is 8.83. The molecule has 3 heteroatoms. The van der Waals surface area contributed by atoms with Gasteiger partial charge in [-0.3, -0.25) is 0 Å². The number of benzene rings is 6. The molecule has 0 aliphatic heterocycles. The molecule has 0 fully saturated rings. The van der Waals surface area contributed by atoms with E-state index in [9.17, 15) is 0 Å². The fourth-order valence-electron chi connectivity index (χ4n) is 5.56. The Morgan fingerprint density at radius 3 is 2.13 bits per heavy atom. The molecule has 0 aliphatic rings. The first kappa shape index (κ1) is 22.2. The van der Waals surface area contributed by atoms with Gasteiger partial charge < -0.3 is 9.73 Å². The summed E-state index contributed by atoms with van der Waals surface area (Å²) in [6, 6.07) is 47.2. The largest absolute Gasteiger partial charge is 0.456 e. The molecule has 8 rings (SSSR count). The van der Waals surface area contributed by atoms with E-state index in [0.29, 0.717) is 0 Å². The lowest BCUT2D eigenvalue weighted by molar-refractivity contribution is 0.669. The number of hydrogen-bond donors (Lipinski definition) is 1. The van der Waals surface area contributed by atoms with Crippen LogP contribution in [0.3, 0.4) is 0 Å². The molecule has 2 aromatic heterocycles. The van der Waals surface area contributed by atoms with E-state index in [1.54, 1.807) is 0 Å². The number of hydrogen-bond acceptors (Lipinski definition) is 3. The molecular weight excluding hydrogens is 494 g/mol. The Kier molecular flexibility index (Phi) is 5.04. The van der Waals surface area contributed by atoms with Crippen LogP contribution in [0.5, 0.6) is 0 Å². The van der Waals surface area contributed by atoms with E-state index < -0.39 is 0 Å². The molecular formula is C36H23NOS.